The first-order chi connectivity index (χ1) is 9.10. The lowest BCUT2D eigenvalue weighted by atomic mass is 10.1. The van der Waals surface area contributed by atoms with Crippen LogP contribution in [0.5, 0.6) is 0 Å². The van der Waals surface area contributed by atoms with Gasteiger partial charge in [-0.3, -0.25) is 0 Å². The summed E-state index contributed by atoms with van der Waals surface area (Å²) in [4.78, 5) is 4.30. The first-order valence-corrected chi connectivity index (χ1v) is 6.46. The maximum Gasteiger partial charge on any atom is 0.243 e. The standard InChI is InChI=1S/C13H19FN4O/c1-4-19-8-11(9(2)3)15-13-16-12-6-5-10(14)7-18(12)17-13/h5-7,9,11H,4,8H2,1-3H3,(H,15,17). The quantitative estimate of drug-likeness (QED) is 0.872. The highest BCUT2D eigenvalue weighted by Crippen LogP contribution is 2.11. The molecule has 0 spiro atoms. The van der Waals surface area contributed by atoms with Gasteiger partial charge in [-0.1, -0.05) is 13.8 Å². The molecule has 104 valence electrons. The molecule has 0 aromatic carbocycles. The van der Waals surface area contributed by atoms with Crippen LogP contribution in [0.1, 0.15) is 20.8 Å². The van der Waals surface area contributed by atoms with Crippen molar-refractivity contribution in [2.24, 2.45) is 5.92 Å². The van der Waals surface area contributed by atoms with Crippen LogP contribution < -0.4 is 5.32 Å². The third-order valence-corrected chi connectivity index (χ3v) is 2.92. The number of ether oxygens (including phenoxy) is 1. The number of pyridine rings is 1. The van der Waals surface area contributed by atoms with Gasteiger partial charge in [-0.2, -0.15) is 4.98 Å². The predicted octanol–water partition coefficient (Wildman–Crippen LogP) is 2.34. The molecule has 1 N–H and O–H groups in total. The van der Waals surface area contributed by atoms with Crippen molar-refractivity contribution in [1.29, 1.82) is 0 Å². The van der Waals surface area contributed by atoms with E-state index in [2.05, 4.69) is 29.2 Å². The number of nitrogens with zero attached hydrogens (tertiary/aromatic N) is 3. The van der Waals surface area contributed by atoms with Crippen molar-refractivity contribution in [3.05, 3.63) is 24.1 Å². The van der Waals surface area contributed by atoms with Gasteiger partial charge in [-0.15, -0.1) is 5.10 Å². The number of halogens is 1. The zero-order chi connectivity index (χ0) is 13.8. The summed E-state index contributed by atoms with van der Waals surface area (Å²) < 4.78 is 19.9. The van der Waals surface area contributed by atoms with Crippen molar-refractivity contribution in [2.45, 2.75) is 26.8 Å². The van der Waals surface area contributed by atoms with E-state index in [1.165, 1.54) is 16.8 Å². The first kappa shape index (κ1) is 13.7. The number of hydrogen-bond acceptors (Lipinski definition) is 4. The van der Waals surface area contributed by atoms with Crippen molar-refractivity contribution in [1.82, 2.24) is 14.6 Å². The second-order valence-electron chi connectivity index (χ2n) is 4.74. The van der Waals surface area contributed by atoms with Crippen LogP contribution in [0.3, 0.4) is 0 Å². The minimum atomic E-state index is -0.335. The average molecular weight is 266 g/mol. The lowest BCUT2D eigenvalue weighted by molar-refractivity contribution is 0.126. The van der Waals surface area contributed by atoms with E-state index in [0.29, 0.717) is 30.7 Å². The Balaban J connectivity index is 2.14. The van der Waals surface area contributed by atoms with E-state index in [1.807, 2.05) is 6.92 Å². The molecule has 0 radical (unpaired) electrons. The smallest absolute Gasteiger partial charge is 0.243 e. The molecule has 1 unspecified atom stereocenters. The highest BCUT2D eigenvalue weighted by Gasteiger charge is 2.15. The van der Waals surface area contributed by atoms with Gasteiger partial charge in [0.2, 0.25) is 5.95 Å². The van der Waals surface area contributed by atoms with Gasteiger partial charge in [0.15, 0.2) is 5.65 Å². The zero-order valence-corrected chi connectivity index (χ0v) is 11.4. The normalized spacial score (nSPS) is 13.1. The van der Waals surface area contributed by atoms with Crippen molar-refractivity contribution >= 4 is 11.6 Å². The molecule has 0 aliphatic carbocycles. The third-order valence-electron chi connectivity index (χ3n) is 2.92. The molecule has 0 amide bonds. The number of anilines is 1. The van der Waals surface area contributed by atoms with Gasteiger partial charge >= 0.3 is 0 Å². The van der Waals surface area contributed by atoms with Crippen LogP contribution in [0.2, 0.25) is 0 Å². The minimum Gasteiger partial charge on any atom is -0.380 e. The lowest BCUT2D eigenvalue weighted by Crippen LogP contribution is -2.31. The molecule has 2 aromatic heterocycles. The molecule has 0 aliphatic rings. The Kier molecular flexibility index (Phi) is 4.31. The minimum absolute atomic E-state index is 0.127. The Morgan fingerprint density at radius 2 is 2.21 bits per heavy atom. The topological polar surface area (TPSA) is 51.5 Å². The van der Waals surface area contributed by atoms with Gasteiger partial charge in [0, 0.05) is 6.61 Å². The fraction of sp³-hybridized carbons (Fsp3) is 0.538. The van der Waals surface area contributed by atoms with Gasteiger partial charge < -0.3 is 10.1 Å². The van der Waals surface area contributed by atoms with Gasteiger partial charge in [0.05, 0.1) is 18.8 Å². The summed E-state index contributed by atoms with van der Waals surface area (Å²) in [5, 5.41) is 7.43. The van der Waals surface area contributed by atoms with E-state index in [-0.39, 0.29) is 11.9 Å². The Bertz CT molecular complexity index is 540. The molecular formula is C13H19FN4O. The molecule has 2 rings (SSSR count). The Hall–Kier alpha value is -1.69. The predicted molar refractivity (Wildman–Crippen MR) is 71.7 cm³/mol. The number of nitrogens with one attached hydrogen (secondary N) is 1. The molecule has 19 heavy (non-hydrogen) atoms. The van der Waals surface area contributed by atoms with E-state index >= 15 is 0 Å². The molecule has 5 nitrogen and oxygen atoms in total. The monoisotopic (exact) mass is 266 g/mol. The SMILES string of the molecule is CCOCC(Nc1nc2ccc(F)cn2n1)C(C)C. The summed E-state index contributed by atoms with van der Waals surface area (Å²) in [5.74, 6) is 0.539. The maximum atomic E-state index is 13.1. The number of aromatic nitrogens is 3. The highest BCUT2D eigenvalue weighted by molar-refractivity contribution is 5.43. The third kappa shape index (κ3) is 3.41. The van der Waals surface area contributed by atoms with Crippen LogP contribution in [-0.4, -0.2) is 33.9 Å². The number of hydrogen-bond donors (Lipinski definition) is 1. The molecule has 1 atom stereocenters. The van der Waals surface area contributed by atoms with Gasteiger partial charge in [-0.25, -0.2) is 8.91 Å². The maximum absolute atomic E-state index is 13.1. The van der Waals surface area contributed by atoms with Crippen LogP contribution in [0, 0.1) is 11.7 Å². The summed E-state index contributed by atoms with van der Waals surface area (Å²) in [7, 11) is 0. The van der Waals surface area contributed by atoms with Crippen LogP contribution in [0.4, 0.5) is 10.3 Å². The highest BCUT2D eigenvalue weighted by atomic mass is 19.1. The number of rotatable bonds is 6. The van der Waals surface area contributed by atoms with Crippen LogP contribution in [0.15, 0.2) is 18.3 Å². The molecule has 2 aromatic rings. The van der Waals surface area contributed by atoms with Gasteiger partial charge in [-0.05, 0) is 25.0 Å². The molecular weight excluding hydrogens is 247 g/mol. The van der Waals surface area contributed by atoms with E-state index in [0.717, 1.165) is 0 Å². The van der Waals surface area contributed by atoms with Crippen LogP contribution in [0.25, 0.3) is 5.65 Å². The number of fused-ring (bicyclic) bond motifs is 1. The van der Waals surface area contributed by atoms with E-state index < -0.39 is 0 Å². The van der Waals surface area contributed by atoms with Crippen LogP contribution in [-0.2, 0) is 4.74 Å². The fourth-order valence-corrected chi connectivity index (χ4v) is 1.73. The second kappa shape index (κ2) is 5.97. The molecule has 0 saturated carbocycles. The molecule has 0 saturated heterocycles. The summed E-state index contributed by atoms with van der Waals surface area (Å²) in [6, 6.07) is 3.09. The van der Waals surface area contributed by atoms with Crippen molar-refractivity contribution in [2.75, 3.05) is 18.5 Å². The largest absolute Gasteiger partial charge is 0.380 e. The fourth-order valence-electron chi connectivity index (χ4n) is 1.73. The summed E-state index contributed by atoms with van der Waals surface area (Å²) in [6.07, 6.45) is 1.31. The molecule has 6 heteroatoms. The van der Waals surface area contributed by atoms with Crippen molar-refractivity contribution in [3.8, 4) is 0 Å². The van der Waals surface area contributed by atoms with E-state index in [9.17, 15) is 4.39 Å². The van der Waals surface area contributed by atoms with E-state index in [4.69, 9.17) is 4.74 Å². The Morgan fingerprint density at radius 3 is 2.89 bits per heavy atom. The first-order valence-electron chi connectivity index (χ1n) is 6.46. The Morgan fingerprint density at radius 1 is 1.42 bits per heavy atom. The molecule has 0 fully saturated rings. The van der Waals surface area contributed by atoms with Crippen LogP contribution >= 0.6 is 0 Å². The summed E-state index contributed by atoms with van der Waals surface area (Å²) in [5.41, 5.74) is 0.614. The van der Waals surface area contributed by atoms with Gasteiger partial charge in [0.1, 0.15) is 5.82 Å². The molecule has 0 bridgehead atoms. The molecule has 0 aliphatic heterocycles. The molecule has 2 heterocycles. The average Bonchev–Trinajstić information content (AvgIpc) is 2.75. The van der Waals surface area contributed by atoms with Crippen molar-refractivity contribution in [3.63, 3.8) is 0 Å². The second-order valence-corrected chi connectivity index (χ2v) is 4.74. The summed E-state index contributed by atoms with van der Waals surface area (Å²) >= 11 is 0. The zero-order valence-electron chi connectivity index (χ0n) is 11.4. The lowest BCUT2D eigenvalue weighted by Gasteiger charge is -2.20. The van der Waals surface area contributed by atoms with Crippen molar-refractivity contribution < 1.29 is 9.13 Å². The Labute approximate surface area is 111 Å². The van der Waals surface area contributed by atoms with Gasteiger partial charge in [0.25, 0.3) is 0 Å². The summed E-state index contributed by atoms with van der Waals surface area (Å²) in [6.45, 7) is 7.44. The van der Waals surface area contributed by atoms with E-state index in [1.54, 1.807) is 6.07 Å².